The third-order valence-corrected chi connectivity index (χ3v) is 4.99. The van der Waals surface area contributed by atoms with Gasteiger partial charge >= 0.3 is 0 Å². The molecule has 2 saturated heterocycles. The van der Waals surface area contributed by atoms with Gasteiger partial charge in [-0.25, -0.2) is 0 Å². The summed E-state index contributed by atoms with van der Waals surface area (Å²) >= 11 is 0. The molecule has 2 aromatic rings. The van der Waals surface area contributed by atoms with E-state index in [1.165, 1.54) is 0 Å². The van der Waals surface area contributed by atoms with E-state index in [1.54, 1.807) is 16.8 Å². The molecule has 0 spiro atoms. The molecule has 1 aromatic carbocycles. The Kier molecular flexibility index (Phi) is 4.13. The third kappa shape index (κ3) is 2.98. The van der Waals surface area contributed by atoms with Gasteiger partial charge in [-0.1, -0.05) is 12.1 Å². The zero-order chi connectivity index (χ0) is 17.6. The Hall–Kier alpha value is -2.12. The van der Waals surface area contributed by atoms with Crippen LogP contribution in [0.15, 0.2) is 18.2 Å². The lowest BCUT2D eigenvalue weighted by Crippen LogP contribution is -2.58. The van der Waals surface area contributed by atoms with Crippen molar-refractivity contribution in [3.8, 4) is 5.75 Å². The Morgan fingerprint density at radius 1 is 1.36 bits per heavy atom. The first kappa shape index (κ1) is 16.4. The molecule has 2 unspecified atom stereocenters. The van der Waals surface area contributed by atoms with E-state index in [9.17, 15) is 9.90 Å². The van der Waals surface area contributed by atoms with Crippen molar-refractivity contribution in [2.24, 2.45) is 0 Å². The highest BCUT2D eigenvalue weighted by atomic mass is 16.5. The SMILES string of the molecule is CC(C)n1nc(C(=O)NC2CC3COCC(C2)N3)c2cccc(O)c21. The molecule has 7 heteroatoms. The summed E-state index contributed by atoms with van der Waals surface area (Å²) in [5, 5.41) is 22.0. The number of piperidine rings is 1. The third-order valence-electron chi connectivity index (χ3n) is 4.99. The van der Waals surface area contributed by atoms with Crippen molar-refractivity contribution in [1.82, 2.24) is 20.4 Å². The van der Waals surface area contributed by atoms with Crippen LogP contribution in [0.5, 0.6) is 5.75 Å². The molecule has 7 nitrogen and oxygen atoms in total. The van der Waals surface area contributed by atoms with Crippen molar-refractivity contribution in [2.45, 2.75) is 50.9 Å². The van der Waals surface area contributed by atoms with Crippen LogP contribution in [-0.2, 0) is 4.74 Å². The molecule has 3 heterocycles. The van der Waals surface area contributed by atoms with Gasteiger partial charge in [0.1, 0.15) is 11.3 Å². The number of amides is 1. The van der Waals surface area contributed by atoms with Gasteiger partial charge in [0, 0.05) is 29.6 Å². The maximum absolute atomic E-state index is 12.9. The largest absolute Gasteiger partial charge is 0.506 e. The number of fused-ring (bicyclic) bond motifs is 3. The second-order valence-electron chi connectivity index (χ2n) is 7.30. The minimum atomic E-state index is -0.180. The quantitative estimate of drug-likeness (QED) is 0.787. The first-order valence-corrected chi connectivity index (χ1v) is 8.87. The number of para-hydroxylation sites is 1. The van der Waals surface area contributed by atoms with Crippen LogP contribution in [0.1, 0.15) is 43.2 Å². The topological polar surface area (TPSA) is 88.4 Å². The van der Waals surface area contributed by atoms with Crippen LogP contribution in [0.2, 0.25) is 0 Å². The highest BCUT2D eigenvalue weighted by molar-refractivity contribution is 6.06. The zero-order valence-electron chi connectivity index (χ0n) is 14.5. The van der Waals surface area contributed by atoms with Crippen LogP contribution in [-0.4, -0.2) is 52.1 Å². The maximum atomic E-state index is 12.9. The van der Waals surface area contributed by atoms with Gasteiger partial charge < -0.3 is 20.5 Å². The number of phenolic OH excluding ortho intramolecular Hbond substituents is 1. The fourth-order valence-corrected chi connectivity index (χ4v) is 3.93. The number of hydrogen-bond acceptors (Lipinski definition) is 5. The molecule has 2 aliphatic heterocycles. The molecule has 25 heavy (non-hydrogen) atoms. The highest BCUT2D eigenvalue weighted by Crippen LogP contribution is 2.29. The van der Waals surface area contributed by atoms with Crippen LogP contribution in [0.25, 0.3) is 10.9 Å². The molecule has 0 radical (unpaired) electrons. The van der Waals surface area contributed by atoms with Gasteiger partial charge in [-0.2, -0.15) is 5.10 Å². The summed E-state index contributed by atoms with van der Waals surface area (Å²) in [6.45, 7) is 5.35. The summed E-state index contributed by atoms with van der Waals surface area (Å²) in [5.74, 6) is -0.0350. The van der Waals surface area contributed by atoms with Crippen LogP contribution in [0.4, 0.5) is 0 Å². The number of carbonyl (C=O) groups is 1. The summed E-state index contributed by atoms with van der Waals surface area (Å²) < 4.78 is 7.27. The van der Waals surface area contributed by atoms with E-state index < -0.39 is 0 Å². The molecule has 1 aromatic heterocycles. The molecule has 2 bridgehead atoms. The van der Waals surface area contributed by atoms with E-state index >= 15 is 0 Å². The van der Waals surface area contributed by atoms with Gasteiger partial charge in [-0.15, -0.1) is 0 Å². The lowest BCUT2D eigenvalue weighted by molar-refractivity contribution is 0.0148. The van der Waals surface area contributed by atoms with Crippen molar-refractivity contribution >= 4 is 16.8 Å². The van der Waals surface area contributed by atoms with Crippen molar-refractivity contribution in [3.05, 3.63) is 23.9 Å². The van der Waals surface area contributed by atoms with E-state index in [1.807, 2.05) is 19.9 Å². The molecule has 3 N–H and O–H groups in total. The van der Waals surface area contributed by atoms with Gasteiger partial charge in [0.25, 0.3) is 5.91 Å². The fourth-order valence-electron chi connectivity index (χ4n) is 3.93. The fraction of sp³-hybridized carbons (Fsp3) is 0.556. The average molecular weight is 344 g/mol. The monoisotopic (exact) mass is 344 g/mol. The molecule has 2 aliphatic rings. The minimum absolute atomic E-state index is 0.0488. The average Bonchev–Trinajstić information content (AvgIpc) is 2.96. The molecule has 4 rings (SSSR count). The van der Waals surface area contributed by atoms with Gasteiger partial charge in [-0.3, -0.25) is 9.48 Å². The predicted molar refractivity (Wildman–Crippen MR) is 93.8 cm³/mol. The number of hydrogen-bond donors (Lipinski definition) is 3. The predicted octanol–water partition coefficient (Wildman–Crippen LogP) is 1.57. The van der Waals surface area contributed by atoms with E-state index in [2.05, 4.69) is 15.7 Å². The van der Waals surface area contributed by atoms with Crippen molar-refractivity contribution in [2.75, 3.05) is 13.2 Å². The summed E-state index contributed by atoms with van der Waals surface area (Å²) in [6, 6.07) is 5.96. The number of rotatable bonds is 3. The van der Waals surface area contributed by atoms with E-state index in [-0.39, 0.29) is 23.7 Å². The minimum Gasteiger partial charge on any atom is -0.506 e. The summed E-state index contributed by atoms with van der Waals surface area (Å²) in [7, 11) is 0. The standard InChI is InChI=1S/C18H24N4O3/c1-10(2)22-17-14(4-3-5-15(17)23)16(21-22)18(24)20-11-6-12-8-25-9-13(7-11)19-12/h3-5,10-13,19,23H,6-9H2,1-2H3,(H,20,24). The van der Waals surface area contributed by atoms with Gasteiger partial charge in [0.05, 0.1) is 13.2 Å². The molecule has 2 fully saturated rings. The number of aromatic nitrogens is 2. The second-order valence-corrected chi connectivity index (χ2v) is 7.30. The number of benzene rings is 1. The smallest absolute Gasteiger partial charge is 0.272 e. The molecule has 0 saturated carbocycles. The van der Waals surface area contributed by atoms with Crippen molar-refractivity contribution in [3.63, 3.8) is 0 Å². The van der Waals surface area contributed by atoms with Gasteiger partial charge in [-0.05, 0) is 32.8 Å². The summed E-state index contributed by atoms with van der Waals surface area (Å²) in [6.07, 6.45) is 1.71. The van der Waals surface area contributed by atoms with E-state index in [4.69, 9.17) is 4.74 Å². The number of aromatic hydroxyl groups is 1. The molecule has 2 atom stereocenters. The number of phenols is 1. The summed E-state index contributed by atoms with van der Waals surface area (Å²) in [5.41, 5.74) is 0.984. The number of nitrogens with zero attached hydrogens (tertiary/aromatic N) is 2. The van der Waals surface area contributed by atoms with Gasteiger partial charge in [0.15, 0.2) is 5.69 Å². The lowest BCUT2D eigenvalue weighted by Gasteiger charge is -2.40. The van der Waals surface area contributed by atoms with Crippen LogP contribution < -0.4 is 10.6 Å². The molecular weight excluding hydrogens is 320 g/mol. The second kappa shape index (κ2) is 6.31. The zero-order valence-corrected chi connectivity index (χ0v) is 14.5. The number of ether oxygens (including phenoxy) is 1. The molecule has 134 valence electrons. The Morgan fingerprint density at radius 3 is 2.76 bits per heavy atom. The van der Waals surface area contributed by atoms with Crippen LogP contribution in [0, 0.1) is 0 Å². The Morgan fingerprint density at radius 2 is 2.08 bits per heavy atom. The first-order chi connectivity index (χ1) is 12.0. The first-order valence-electron chi connectivity index (χ1n) is 8.87. The van der Waals surface area contributed by atoms with Crippen LogP contribution >= 0.6 is 0 Å². The highest BCUT2D eigenvalue weighted by Gasteiger charge is 2.33. The van der Waals surface area contributed by atoms with Crippen LogP contribution in [0.3, 0.4) is 0 Å². The Balaban J connectivity index is 1.61. The normalized spacial score (nSPS) is 26.1. The Bertz CT molecular complexity index is 789. The molecule has 1 amide bonds. The summed E-state index contributed by atoms with van der Waals surface area (Å²) in [4.78, 5) is 12.9. The van der Waals surface area contributed by atoms with E-state index in [0.717, 1.165) is 12.8 Å². The molecule has 0 aliphatic carbocycles. The molecular formula is C18H24N4O3. The van der Waals surface area contributed by atoms with Crippen molar-refractivity contribution in [1.29, 1.82) is 0 Å². The van der Waals surface area contributed by atoms with Gasteiger partial charge in [0.2, 0.25) is 0 Å². The number of morpholine rings is 1. The van der Waals surface area contributed by atoms with E-state index in [0.29, 0.717) is 41.9 Å². The number of nitrogens with one attached hydrogen (secondary N) is 2. The number of carbonyl (C=O) groups excluding carboxylic acids is 1. The van der Waals surface area contributed by atoms with Crippen molar-refractivity contribution < 1.29 is 14.6 Å². The maximum Gasteiger partial charge on any atom is 0.272 e. The lowest BCUT2D eigenvalue weighted by atomic mass is 9.92. The Labute approximate surface area is 146 Å².